The molecule has 1 N–H and O–H groups in total. The van der Waals surface area contributed by atoms with E-state index in [-0.39, 0.29) is 5.91 Å². The van der Waals surface area contributed by atoms with Crippen molar-refractivity contribution >= 4 is 39.3 Å². The van der Waals surface area contributed by atoms with Gasteiger partial charge >= 0.3 is 0 Å². The third kappa shape index (κ3) is 4.10. The first kappa shape index (κ1) is 15.2. The van der Waals surface area contributed by atoms with Crippen LogP contribution in [0.3, 0.4) is 0 Å². The number of carbonyl (C=O) groups is 1. The molecule has 1 aromatic heterocycles. The van der Waals surface area contributed by atoms with Crippen molar-refractivity contribution in [1.29, 1.82) is 0 Å². The second-order valence-electron chi connectivity index (χ2n) is 3.57. The Morgan fingerprint density at radius 1 is 1.44 bits per heavy atom. The van der Waals surface area contributed by atoms with Crippen molar-refractivity contribution in [2.45, 2.75) is 20.3 Å². The maximum atomic E-state index is 11.8. The molecule has 0 fully saturated rings. The first-order valence-electron chi connectivity index (χ1n) is 5.77. The fraction of sp³-hybridized carbons (Fsp3) is 0.545. The normalized spacial score (nSPS) is 10.2. The summed E-state index contributed by atoms with van der Waals surface area (Å²) in [7, 11) is 0. The van der Waals surface area contributed by atoms with Gasteiger partial charge in [0, 0.05) is 26.1 Å². The van der Waals surface area contributed by atoms with E-state index in [1.807, 2.05) is 13.8 Å². The van der Waals surface area contributed by atoms with Crippen LogP contribution < -0.4 is 5.32 Å². The minimum absolute atomic E-state index is 0.128. The van der Waals surface area contributed by atoms with Gasteiger partial charge in [0.25, 0.3) is 0 Å². The molecule has 0 aromatic carbocycles. The molecule has 1 aromatic rings. The van der Waals surface area contributed by atoms with E-state index in [0.29, 0.717) is 28.4 Å². The molecule has 0 saturated heterocycles. The predicted octanol–water partition coefficient (Wildman–Crippen LogP) is 2.56. The molecule has 5 nitrogen and oxygen atoms in total. The average Bonchev–Trinajstić information content (AvgIpc) is 2.36. The molecule has 0 bridgehead atoms. The van der Waals surface area contributed by atoms with Gasteiger partial charge < -0.3 is 10.2 Å². The predicted molar refractivity (Wildman–Crippen MR) is 75.8 cm³/mol. The highest BCUT2D eigenvalue weighted by Crippen LogP contribution is 2.25. The number of nitrogens with one attached hydrogen (secondary N) is 1. The summed E-state index contributed by atoms with van der Waals surface area (Å²) in [5, 5.41) is 3.41. The number of aromatic nitrogens is 2. The highest BCUT2D eigenvalue weighted by atomic mass is 79.9. The van der Waals surface area contributed by atoms with E-state index in [0.717, 1.165) is 13.1 Å². The first-order chi connectivity index (χ1) is 8.60. The molecule has 0 aliphatic rings. The Balaban J connectivity index is 2.47. The van der Waals surface area contributed by atoms with Crippen LogP contribution in [-0.2, 0) is 4.79 Å². The zero-order valence-corrected chi connectivity index (χ0v) is 12.8. The van der Waals surface area contributed by atoms with Crippen LogP contribution in [0.15, 0.2) is 10.8 Å². The van der Waals surface area contributed by atoms with Crippen molar-refractivity contribution in [1.82, 2.24) is 14.9 Å². The smallest absolute Gasteiger partial charge is 0.224 e. The van der Waals surface area contributed by atoms with Gasteiger partial charge in [-0.3, -0.25) is 4.79 Å². The summed E-state index contributed by atoms with van der Waals surface area (Å²) in [5.41, 5.74) is 0. The fourth-order valence-corrected chi connectivity index (χ4v) is 1.97. The Kier molecular flexibility index (Phi) is 6.35. The molecule has 0 saturated carbocycles. The first-order valence-corrected chi connectivity index (χ1v) is 6.94. The summed E-state index contributed by atoms with van der Waals surface area (Å²) < 4.78 is 0.613. The number of hydrogen-bond acceptors (Lipinski definition) is 4. The standard InChI is InChI=1S/C11H16BrClN4O/c1-3-17(4-2)8(18)5-6-14-11-9(12)10(13)15-7-16-11/h7H,3-6H2,1-2H3,(H,14,15,16). The molecule has 100 valence electrons. The van der Waals surface area contributed by atoms with Gasteiger partial charge in [0.1, 0.15) is 17.3 Å². The number of halogens is 2. The van der Waals surface area contributed by atoms with Crippen LogP contribution in [0.1, 0.15) is 20.3 Å². The summed E-state index contributed by atoms with van der Waals surface area (Å²) in [6.07, 6.45) is 1.80. The van der Waals surface area contributed by atoms with Crippen molar-refractivity contribution in [2.75, 3.05) is 25.0 Å². The Bertz CT molecular complexity index is 412. The second kappa shape index (κ2) is 7.53. The number of amides is 1. The van der Waals surface area contributed by atoms with Gasteiger partial charge in [0.2, 0.25) is 5.91 Å². The van der Waals surface area contributed by atoms with Gasteiger partial charge in [0.15, 0.2) is 0 Å². The highest BCUT2D eigenvalue weighted by Gasteiger charge is 2.10. The zero-order chi connectivity index (χ0) is 13.5. The van der Waals surface area contributed by atoms with Gasteiger partial charge in [0.05, 0.1) is 4.47 Å². The van der Waals surface area contributed by atoms with E-state index in [9.17, 15) is 4.79 Å². The molecule has 0 atom stereocenters. The summed E-state index contributed by atoms with van der Waals surface area (Å²) in [4.78, 5) is 21.4. The van der Waals surface area contributed by atoms with E-state index in [1.165, 1.54) is 6.33 Å². The van der Waals surface area contributed by atoms with E-state index >= 15 is 0 Å². The van der Waals surface area contributed by atoms with Crippen molar-refractivity contribution in [3.8, 4) is 0 Å². The molecule has 0 radical (unpaired) electrons. The molecule has 7 heteroatoms. The van der Waals surface area contributed by atoms with E-state index < -0.39 is 0 Å². The van der Waals surface area contributed by atoms with Gasteiger partial charge in [-0.15, -0.1) is 0 Å². The van der Waals surface area contributed by atoms with Crippen LogP contribution >= 0.6 is 27.5 Å². The summed E-state index contributed by atoms with van der Waals surface area (Å²) in [5.74, 6) is 0.728. The van der Waals surface area contributed by atoms with Gasteiger partial charge in [-0.05, 0) is 29.8 Å². The highest BCUT2D eigenvalue weighted by molar-refractivity contribution is 9.10. The number of rotatable bonds is 6. The van der Waals surface area contributed by atoms with Gasteiger partial charge in [-0.1, -0.05) is 11.6 Å². The SMILES string of the molecule is CCN(CC)C(=O)CCNc1ncnc(Cl)c1Br. The third-order valence-electron chi connectivity index (χ3n) is 2.49. The van der Waals surface area contributed by atoms with Gasteiger partial charge in [-0.2, -0.15) is 0 Å². The quantitative estimate of drug-likeness (QED) is 0.812. The minimum Gasteiger partial charge on any atom is -0.368 e. The maximum absolute atomic E-state index is 11.8. The lowest BCUT2D eigenvalue weighted by atomic mass is 10.3. The fourth-order valence-electron chi connectivity index (χ4n) is 1.49. The van der Waals surface area contributed by atoms with Crippen molar-refractivity contribution in [3.05, 3.63) is 16.0 Å². The van der Waals surface area contributed by atoms with Crippen LogP contribution in [0.2, 0.25) is 5.15 Å². The van der Waals surface area contributed by atoms with Crippen LogP contribution in [0, 0.1) is 0 Å². The zero-order valence-electron chi connectivity index (χ0n) is 10.4. The number of carbonyl (C=O) groups excluding carboxylic acids is 1. The molecule has 1 rings (SSSR count). The van der Waals surface area contributed by atoms with Crippen LogP contribution in [0.25, 0.3) is 0 Å². The lowest BCUT2D eigenvalue weighted by Gasteiger charge is -2.18. The van der Waals surface area contributed by atoms with E-state index in [4.69, 9.17) is 11.6 Å². The summed E-state index contributed by atoms with van der Waals surface area (Å²) in [6, 6.07) is 0. The Morgan fingerprint density at radius 3 is 2.72 bits per heavy atom. The molecule has 0 aliphatic carbocycles. The second-order valence-corrected chi connectivity index (χ2v) is 4.72. The molecule has 1 heterocycles. The van der Waals surface area contributed by atoms with Crippen LogP contribution in [-0.4, -0.2) is 40.4 Å². The largest absolute Gasteiger partial charge is 0.368 e. The molecule has 0 unspecified atom stereocenters. The lowest BCUT2D eigenvalue weighted by molar-refractivity contribution is -0.130. The summed E-state index contributed by atoms with van der Waals surface area (Å²) in [6.45, 7) is 5.92. The van der Waals surface area contributed by atoms with Crippen molar-refractivity contribution in [2.24, 2.45) is 0 Å². The van der Waals surface area contributed by atoms with Crippen molar-refractivity contribution < 1.29 is 4.79 Å². The number of anilines is 1. The topological polar surface area (TPSA) is 58.1 Å². The number of hydrogen-bond donors (Lipinski definition) is 1. The summed E-state index contributed by atoms with van der Waals surface area (Å²) >= 11 is 9.13. The average molecular weight is 336 g/mol. The van der Waals surface area contributed by atoms with Crippen molar-refractivity contribution in [3.63, 3.8) is 0 Å². The molecule has 1 amide bonds. The molecule has 0 spiro atoms. The van der Waals surface area contributed by atoms with Crippen LogP contribution in [0.5, 0.6) is 0 Å². The maximum Gasteiger partial charge on any atom is 0.224 e. The van der Waals surface area contributed by atoms with E-state index in [2.05, 4.69) is 31.2 Å². The number of nitrogens with zero attached hydrogens (tertiary/aromatic N) is 3. The Labute approximate surface area is 120 Å². The molecule has 0 aliphatic heterocycles. The third-order valence-corrected chi connectivity index (χ3v) is 3.76. The molecular weight excluding hydrogens is 320 g/mol. The molecular formula is C11H16BrClN4O. The lowest BCUT2D eigenvalue weighted by Crippen LogP contribution is -2.31. The minimum atomic E-state index is 0.128. The molecule has 18 heavy (non-hydrogen) atoms. The Morgan fingerprint density at radius 2 is 2.11 bits per heavy atom. The Hall–Kier alpha value is -0.880. The van der Waals surface area contributed by atoms with Crippen LogP contribution in [0.4, 0.5) is 5.82 Å². The monoisotopic (exact) mass is 334 g/mol. The van der Waals surface area contributed by atoms with Gasteiger partial charge in [-0.25, -0.2) is 9.97 Å². The van der Waals surface area contributed by atoms with E-state index in [1.54, 1.807) is 4.90 Å².